The van der Waals surface area contributed by atoms with E-state index in [1.54, 1.807) is 0 Å². The molecule has 0 bridgehead atoms. The molecule has 0 aromatic rings. The number of carboxylic acid groups (broad SMARTS) is 1. The van der Waals surface area contributed by atoms with Gasteiger partial charge in [0.1, 0.15) is 12.8 Å². The normalized spacial score (nSPS) is 12.8. The predicted molar refractivity (Wildman–Crippen MR) is 24.5 cm³/mol. The minimum atomic E-state index is -1.44. The summed E-state index contributed by atoms with van der Waals surface area (Å²) in [5, 5.41) is 7.83. The maximum absolute atomic E-state index is 11.4. The van der Waals surface area contributed by atoms with Crippen molar-refractivity contribution in [2.24, 2.45) is 0 Å². The van der Waals surface area contributed by atoms with E-state index in [9.17, 15) is 9.18 Å². The Morgan fingerprint density at radius 1 is 2.00 bits per heavy atom. The van der Waals surface area contributed by atoms with Crippen molar-refractivity contribution in [2.45, 2.75) is 13.0 Å². The smallest absolute Gasteiger partial charge is 0.450 e. The Bertz CT molecular complexity index is 83.4. The van der Waals surface area contributed by atoms with Crippen LogP contribution in [-0.2, 0) is 4.74 Å². The molecule has 0 aliphatic rings. The summed E-state index contributed by atoms with van der Waals surface area (Å²) in [5.41, 5.74) is 0. The number of hydrogen-bond donors (Lipinski definition) is 1. The van der Waals surface area contributed by atoms with Crippen LogP contribution >= 0.6 is 0 Å². The van der Waals surface area contributed by atoms with Gasteiger partial charge in [0.2, 0.25) is 0 Å². The van der Waals surface area contributed by atoms with Gasteiger partial charge in [0, 0.05) is 0 Å². The van der Waals surface area contributed by atoms with Gasteiger partial charge in [-0.2, -0.15) is 0 Å². The van der Waals surface area contributed by atoms with Gasteiger partial charge in [0.15, 0.2) is 0 Å². The Kier molecular flexibility index (Phi) is 2.91. The van der Waals surface area contributed by atoms with Crippen molar-refractivity contribution in [2.75, 3.05) is 6.67 Å². The third-order valence-corrected chi connectivity index (χ3v) is 0.519. The monoisotopic (exact) mass is 122 g/mol. The van der Waals surface area contributed by atoms with E-state index in [2.05, 4.69) is 4.74 Å². The first kappa shape index (κ1) is 7.20. The van der Waals surface area contributed by atoms with Crippen LogP contribution in [0.4, 0.5) is 9.18 Å². The zero-order valence-corrected chi connectivity index (χ0v) is 4.43. The van der Waals surface area contributed by atoms with Crippen molar-refractivity contribution >= 4 is 6.16 Å². The van der Waals surface area contributed by atoms with E-state index in [1.165, 1.54) is 6.92 Å². The Labute approximate surface area is 46.1 Å². The lowest BCUT2D eigenvalue weighted by molar-refractivity contribution is 0.0487. The van der Waals surface area contributed by atoms with Crippen LogP contribution in [0.5, 0.6) is 0 Å². The van der Waals surface area contributed by atoms with E-state index >= 15 is 0 Å². The van der Waals surface area contributed by atoms with Gasteiger partial charge in [-0.3, -0.25) is 0 Å². The molecule has 1 N–H and O–H groups in total. The van der Waals surface area contributed by atoms with Gasteiger partial charge in [-0.15, -0.1) is 0 Å². The number of alkyl halides is 1. The fourth-order valence-electron chi connectivity index (χ4n) is 0.204. The molecule has 0 aromatic heterocycles. The third kappa shape index (κ3) is 3.39. The fraction of sp³-hybridized carbons (Fsp3) is 0.750. The first-order chi connectivity index (χ1) is 3.66. The van der Waals surface area contributed by atoms with Gasteiger partial charge < -0.3 is 9.84 Å². The molecule has 0 heterocycles. The molecule has 0 aliphatic carbocycles. The third-order valence-electron chi connectivity index (χ3n) is 0.519. The Balaban J connectivity index is 3.24. The topological polar surface area (TPSA) is 46.5 Å². The van der Waals surface area contributed by atoms with Crippen LogP contribution in [0.1, 0.15) is 6.92 Å². The average Bonchev–Trinajstić information content (AvgIpc) is 1.65. The Hall–Kier alpha value is -0.800. The van der Waals surface area contributed by atoms with E-state index in [1.807, 2.05) is 0 Å². The molecule has 0 spiro atoms. The fourth-order valence-corrected chi connectivity index (χ4v) is 0.204. The van der Waals surface area contributed by atoms with Crippen LogP contribution in [-0.4, -0.2) is 24.0 Å². The lowest BCUT2D eigenvalue weighted by Gasteiger charge is -2.02. The summed E-state index contributed by atoms with van der Waals surface area (Å²) in [4.78, 5) is 9.58. The zero-order chi connectivity index (χ0) is 6.57. The summed E-state index contributed by atoms with van der Waals surface area (Å²) in [7, 11) is 0. The van der Waals surface area contributed by atoms with Crippen LogP contribution < -0.4 is 0 Å². The highest BCUT2D eigenvalue weighted by Gasteiger charge is 2.04. The molecule has 4 heteroatoms. The maximum Gasteiger partial charge on any atom is 0.506 e. The summed E-state index contributed by atoms with van der Waals surface area (Å²) >= 11 is 0. The quantitative estimate of drug-likeness (QED) is 0.556. The summed E-state index contributed by atoms with van der Waals surface area (Å²) < 4.78 is 15.3. The second-order valence-electron chi connectivity index (χ2n) is 1.35. The molecule has 0 amide bonds. The maximum atomic E-state index is 11.4. The molecular weight excluding hydrogens is 115 g/mol. The van der Waals surface area contributed by atoms with Gasteiger partial charge >= 0.3 is 6.16 Å². The molecule has 8 heavy (non-hydrogen) atoms. The summed E-state index contributed by atoms with van der Waals surface area (Å²) in [6.07, 6.45) is -2.28. The first-order valence-corrected chi connectivity index (χ1v) is 2.12. The largest absolute Gasteiger partial charge is 0.506 e. The molecule has 0 aliphatic heterocycles. The highest BCUT2D eigenvalue weighted by molar-refractivity contribution is 5.56. The predicted octanol–water partition coefficient (Wildman–Crippen LogP) is 1.04. The molecule has 0 rings (SSSR count). The lowest BCUT2D eigenvalue weighted by Crippen LogP contribution is -2.14. The van der Waals surface area contributed by atoms with Crippen LogP contribution in [0, 0.1) is 0 Å². The molecule has 3 nitrogen and oxygen atoms in total. The lowest BCUT2D eigenvalue weighted by atomic mass is 10.5. The van der Waals surface area contributed by atoms with E-state index in [-0.39, 0.29) is 0 Å². The van der Waals surface area contributed by atoms with Gasteiger partial charge in [0.05, 0.1) is 0 Å². The van der Waals surface area contributed by atoms with E-state index in [4.69, 9.17) is 5.11 Å². The molecule has 0 radical (unpaired) electrons. The van der Waals surface area contributed by atoms with E-state index in [0.29, 0.717) is 0 Å². The molecular formula is C4H7FO3. The molecule has 0 saturated heterocycles. The van der Waals surface area contributed by atoms with Crippen LogP contribution in [0.2, 0.25) is 0 Å². The van der Waals surface area contributed by atoms with Crippen molar-refractivity contribution in [3.63, 3.8) is 0 Å². The molecule has 0 aromatic carbocycles. The SMILES string of the molecule is CC(CF)OC(=O)O. The van der Waals surface area contributed by atoms with Crippen molar-refractivity contribution in [1.29, 1.82) is 0 Å². The molecule has 1 unspecified atom stereocenters. The second-order valence-corrected chi connectivity index (χ2v) is 1.35. The first-order valence-electron chi connectivity index (χ1n) is 2.12. The summed E-state index contributed by atoms with van der Waals surface area (Å²) in [6.45, 7) is 0.570. The van der Waals surface area contributed by atoms with E-state index < -0.39 is 18.9 Å². The average molecular weight is 122 g/mol. The molecule has 0 saturated carbocycles. The number of carbonyl (C=O) groups is 1. The summed E-state index contributed by atoms with van der Waals surface area (Å²) in [6, 6.07) is 0. The van der Waals surface area contributed by atoms with Crippen LogP contribution in [0.25, 0.3) is 0 Å². The molecule has 48 valence electrons. The highest BCUT2D eigenvalue weighted by atomic mass is 19.1. The second kappa shape index (κ2) is 3.23. The minimum Gasteiger partial charge on any atom is -0.450 e. The zero-order valence-electron chi connectivity index (χ0n) is 4.43. The van der Waals surface area contributed by atoms with Crippen molar-refractivity contribution < 1.29 is 19.0 Å². The Morgan fingerprint density at radius 3 is 2.62 bits per heavy atom. The highest BCUT2D eigenvalue weighted by Crippen LogP contribution is 1.90. The summed E-state index contributed by atoms with van der Waals surface area (Å²) in [5.74, 6) is 0. The number of halogens is 1. The molecule has 1 atom stereocenters. The number of rotatable bonds is 2. The van der Waals surface area contributed by atoms with Crippen LogP contribution in [0.15, 0.2) is 0 Å². The van der Waals surface area contributed by atoms with E-state index in [0.717, 1.165) is 0 Å². The van der Waals surface area contributed by atoms with Crippen LogP contribution in [0.3, 0.4) is 0 Å². The number of ether oxygens (including phenoxy) is 1. The molecule has 0 fully saturated rings. The van der Waals surface area contributed by atoms with Gasteiger partial charge in [-0.25, -0.2) is 9.18 Å². The van der Waals surface area contributed by atoms with Crippen molar-refractivity contribution in [3.8, 4) is 0 Å². The Morgan fingerprint density at radius 2 is 2.50 bits per heavy atom. The number of hydrogen-bond acceptors (Lipinski definition) is 2. The minimum absolute atomic E-state index is 0.772. The van der Waals surface area contributed by atoms with Gasteiger partial charge in [0.25, 0.3) is 0 Å². The standard InChI is InChI=1S/C4H7FO3/c1-3(2-5)8-4(6)7/h3H,2H2,1H3,(H,6,7). The van der Waals surface area contributed by atoms with Gasteiger partial charge in [-0.05, 0) is 6.92 Å². The van der Waals surface area contributed by atoms with Gasteiger partial charge in [-0.1, -0.05) is 0 Å². The van der Waals surface area contributed by atoms with Crippen molar-refractivity contribution in [1.82, 2.24) is 0 Å². The van der Waals surface area contributed by atoms with Crippen molar-refractivity contribution in [3.05, 3.63) is 0 Å².